The first-order valence-electron chi connectivity index (χ1n) is 19.3. The highest BCUT2D eigenvalue weighted by Crippen LogP contribution is 2.35. The third kappa shape index (κ3) is 7.63. The maximum atomic E-state index is 13.1. The molecule has 2 N–H and O–H groups in total. The molecule has 1 unspecified atom stereocenters. The lowest BCUT2D eigenvalue weighted by molar-refractivity contribution is -0.134. The van der Waals surface area contributed by atoms with E-state index in [-0.39, 0.29) is 29.7 Å². The van der Waals surface area contributed by atoms with Crippen LogP contribution in [0.15, 0.2) is 54.9 Å². The van der Waals surface area contributed by atoms with E-state index in [1.54, 1.807) is 25.2 Å². The Hall–Kier alpha value is -4.88. The van der Waals surface area contributed by atoms with E-state index < -0.39 is 0 Å². The summed E-state index contributed by atoms with van der Waals surface area (Å²) in [5.74, 6) is 0.557. The van der Waals surface area contributed by atoms with Crippen molar-refractivity contribution in [2.45, 2.75) is 75.9 Å². The zero-order valence-corrected chi connectivity index (χ0v) is 30.8. The molecule has 13 heteroatoms. The molecule has 1 atom stereocenters. The summed E-state index contributed by atoms with van der Waals surface area (Å²) in [5, 5.41) is 6.63. The van der Waals surface area contributed by atoms with Crippen LogP contribution in [0.2, 0.25) is 0 Å². The first-order chi connectivity index (χ1) is 25.8. The number of rotatable bonds is 9. The maximum Gasteiger partial charge on any atom is 0.270 e. The Kier molecular flexibility index (Phi) is 10.1. The average molecular weight is 719 g/mol. The van der Waals surface area contributed by atoms with Gasteiger partial charge in [0.2, 0.25) is 17.8 Å². The minimum Gasteiger partial charge on any atom is -0.369 e. The van der Waals surface area contributed by atoms with Crippen molar-refractivity contribution in [2.24, 2.45) is 0 Å². The lowest BCUT2D eigenvalue weighted by atomic mass is 9.90. The van der Waals surface area contributed by atoms with Crippen LogP contribution in [0.25, 0.3) is 11.0 Å². The summed E-state index contributed by atoms with van der Waals surface area (Å²) >= 11 is 0. The molecule has 0 spiro atoms. The Balaban J connectivity index is 0.813. The van der Waals surface area contributed by atoms with Crippen LogP contribution < -0.4 is 15.5 Å². The quantitative estimate of drug-likeness (QED) is 0.235. The Bertz CT molecular complexity index is 1940. The van der Waals surface area contributed by atoms with Crippen molar-refractivity contribution in [3.8, 4) is 0 Å². The molecule has 8 rings (SSSR count). The zero-order valence-electron chi connectivity index (χ0n) is 30.8. The first-order valence-corrected chi connectivity index (χ1v) is 19.3. The Morgan fingerprint density at radius 1 is 0.868 bits per heavy atom. The van der Waals surface area contributed by atoms with Gasteiger partial charge in [0.05, 0.1) is 5.92 Å². The van der Waals surface area contributed by atoms with Crippen molar-refractivity contribution in [1.29, 1.82) is 0 Å². The second-order valence-electron chi connectivity index (χ2n) is 15.3. The monoisotopic (exact) mass is 718 g/mol. The van der Waals surface area contributed by atoms with Gasteiger partial charge in [0.15, 0.2) is 0 Å². The van der Waals surface area contributed by atoms with E-state index in [1.807, 2.05) is 30.5 Å². The number of carbonyl (C=O) groups excluding carboxylic acids is 3. The van der Waals surface area contributed by atoms with Crippen molar-refractivity contribution in [1.82, 2.24) is 39.5 Å². The second kappa shape index (κ2) is 15.2. The van der Waals surface area contributed by atoms with Gasteiger partial charge in [-0.1, -0.05) is 31.0 Å². The molecule has 4 fully saturated rings. The average Bonchev–Trinajstić information content (AvgIpc) is 3.84. The number of pyridine rings is 1. The topological polar surface area (TPSA) is 132 Å². The van der Waals surface area contributed by atoms with Crippen molar-refractivity contribution >= 4 is 46.2 Å². The lowest BCUT2D eigenvalue weighted by Crippen LogP contribution is -2.53. The molecule has 13 nitrogen and oxygen atoms in total. The predicted molar refractivity (Wildman–Crippen MR) is 204 cm³/mol. The second-order valence-corrected chi connectivity index (χ2v) is 15.3. The van der Waals surface area contributed by atoms with Crippen LogP contribution in [0.5, 0.6) is 0 Å². The fourth-order valence-electron chi connectivity index (χ4n) is 8.68. The van der Waals surface area contributed by atoms with E-state index >= 15 is 0 Å². The summed E-state index contributed by atoms with van der Waals surface area (Å²) in [6.45, 7) is 7.11. The number of nitrogens with one attached hydrogen (secondary N) is 2. The summed E-state index contributed by atoms with van der Waals surface area (Å²) in [4.78, 5) is 60.3. The van der Waals surface area contributed by atoms with Crippen LogP contribution in [-0.2, 0) is 16.1 Å². The molecule has 1 aromatic carbocycles. The molecule has 3 amide bonds. The number of anilines is 3. The zero-order chi connectivity index (χ0) is 36.5. The summed E-state index contributed by atoms with van der Waals surface area (Å²) in [7, 11) is 3.58. The van der Waals surface area contributed by atoms with E-state index in [4.69, 9.17) is 9.97 Å². The third-order valence-corrected chi connectivity index (χ3v) is 11.6. The maximum absolute atomic E-state index is 13.1. The van der Waals surface area contributed by atoms with Crippen LogP contribution in [0.3, 0.4) is 0 Å². The van der Waals surface area contributed by atoms with Gasteiger partial charge in [-0.25, -0.2) is 9.97 Å². The number of carbonyl (C=O) groups is 3. The molecular formula is C40H50N10O3. The first kappa shape index (κ1) is 35.2. The van der Waals surface area contributed by atoms with E-state index in [9.17, 15) is 14.4 Å². The number of benzene rings is 1. The molecule has 1 aliphatic carbocycles. The van der Waals surface area contributed by atoms with Crippen molar-refractivity contribution in [3.05, 3.63) is 71.7 Å². The van der Waals surface area contributed by atoms with Gasteiger partial charge in [-0.15, -0.1) is 0 Å². The number of piperidine rings is 2. The normalized spacial score (nSPS) is 20.9. The summed E-state index contributed by atoms with van der Waals surface area (Å²) < 4.78 is 2.13. The number of nitrogens with zero attached hydrogens (tertiary/aromatic N) is 8. The van der Waals surface area contributed by atoms with Crippen molar-refractivity contribution in [2.75, 3.05) is 63.6 Å². The molecule has 4 aromatic rings. The van der Waals surface area contributed by atoms with E-state index in [1.165, 1.54) is 11.3 Å². The van der Waals surface area contributed by atoms with E-state index in [2.05, 4.69) is 53.1 Å². The number of hydrogen-bond acceptors (Lipinski definition) is 10. The molecule has 1 saturated carbocycles. The van der Waals surface area contributed by atoms with Gasteiger partial charge in [-0.05, 0) is 80.6 Å². The lowest BCUT2D eigenvalue weighted by Gasteiger charge is -2.43. The number of hydrogen-bond donors (Lipinski definition) is 2. The molecule has 3 aliphatic heterocycles. The molecule has 6 heterocycles. The van der Waals surface area contributed by atoms with Crippen LogP contribution in [0.1, 0.15) is 84.9 Å². The number of aromatic nitrogens is 4. The van der Waals surface area contributed by atoms with Crippen LogP contribution in [0.4, 0.5) is 17.5 Å². The minimum atomic E-state index is -0.240. The number of likely N-dealkylation sites (tertiary alicyclic amines) is 1. The molecule has 53 heavy (non-hydrogen) atoms. The third-order valence-electron chi connectivity index (χ3n) is 11.6. The summed E-state index contributed by atoms with van der Waals surface area (Å²) in [6.07, 6.45) is 11.5. The van der Waals surface area contributed by atoms with Crippen LogP contribution in [-0.4, -0.2) is 111 Å². The summed E-state index contributed by atoms with van der Waals surface area (Å²) in [6, 6.07) is 15.3. The molecule has 0 radical (unpaired) electrons. The molecule has 278 valence electrons. The van der Waals surface area contributed by atoms with E-state index in [0.717, 1.165) is 101 Å². The van der Waals surface area contributed by atoms with Gasteiger partial charge in [0, 0.05) is 88.8 Å². The highest BCUT2D eigenvalue weighted by Gasteiger charge is 2.30. The highest BCUT2D eigenvalue weighted by atomic mass is 16.2. The van der Waals surface area contributed by atoms with Crippen molar-refractivity contribution in [3.63, 3.8) is 0 Å². The molecule has 3 saturated heterocycles. The summed E-state index contributed by atoms with van der Waals surface area (Å²) in [5.41, 5.74) is 4.82. The van der Waals surface area contributed by atoms with Crippen LogP contribution in [0, 0.1) is 0 Å². The van der Waals surface area contributed by atoms with Gasteiger partial charge >= 0.3 is 0 Å². The minimum absolute atomic E-state index is 0.0155. The number of amides is 3. The Labute approximate surface area is 310 Å². The predicted octanol–water partition coefficient (Wildman–Crippen LogP) is 4.69. The molecular weight excluding hydrogens is 669 g/mol. The number of fused-ring (bicyclic) bond motifs is 1. The number of piperazine rings is 1. The Morgan fingerprint density at radius 3 is 2.30 bits per heavy atom. The van der Waals surface area contributed by atoms with E-state index in [0.29, 0.717) is 36.3 Å². The highest BCUT2D eigenvalue weighted by molar-refractivity contribution is 6.01. The molecule has 4 aliphatic rings. The van der Waals surface area contributed by atoms with Crippen LogP contribution >= 0.6 is 0 Å². The fraction of sp³-hybridized carbons (Fsp3) is 0.500. The standard InChI is InChI=1S/C40H50N10O3/c1-46(2)39(53)34-23-29-25-42-40(45-37(29)50(34)32-5-3-4-6-32)43-35-13-7-27(24-41-35)26-47-17-15-31(16-18-47)49-21-19-48(20-22-49)30-10-8-28(9-11-30)33-12-14-36(51)44-38(33)52/h7-11,13,23-25,31-33H,3-6,12,14-22,26H2,1-2H3,(H,44,51,52)(H,41,42,43,45). The van der Waals surface area contributed by atoms with Gasteiger partial charge in [-0.3, -0.25) is 29.5 Å². The van der Waals surface area contributed by atoms with Gasteiger partial charge < -0.3 is 19.7 Å². The molecule has 0 bridgehead atoms. The fourth-order valence-corrected chi connectivity index (χ4v) is 8.68. The molecule has 3 aromatic heterocycles. The smallest absolute Gasteiger partial charge is 0.270 e. The van der Waals surface area contributed by atoms with Gasteiger partial charge in [0.25, 0.3) is 5.91 Å². The largest absolute Gasteiger partial charge is 0.369 e. The number of imide groups is 1. The van der Waals surface area contributed by atoms with Gasteiger partial charge in [-0.2, -0.15) is 4.98 Å². The SMILES string of the molecule is CN(C)C(=O)c1cc2cnc(Nc3ccc(CN4CCC(N5CCN(c6ccc(C7CCC(=O)NC7=O)cc6)CC5)CC4)cn3)nc2n1C1CCCC1. The Morgan fingerprint density at radius 2 is 1.62 bits per heavy atom. The van der Waals surface area contributed by atoms with Crippen molar-refractivity contribution < 1.29 is 14.4 Å². The van der Waals surface area contributed by atoms with Gasteiger partial charge in [0.1, 0.15) is 17.2 Å².